The van der Waals surface area contributed by atoms with Gasteiger partial charge >= 0.3 is 0 Å². The number of rotatable bonds is 4. The third-order valence-corrected chi connectivity index (χ3v) is 5.98. The van der Waals surface area contributed by atoms with Gasteiger partial charge in [-0.25, -0.2) is 4.98 Å². The Kier molecular flexibility index (Phi) is 4.85. The summed E-state index contributed by atoms with van der Waals surface area (Å²) >= 11 is 5.00. The molecule has 27 heavy (non-hydrogen) atoms. The number of nitrogens with zero attached hydrogens (tertiary/aromatic N) is 1. The minimum Gasteiger partial charge on any atom is -0.451 e. The van der Waals surface area contributed by atoms with Crippen LogP contribution in [-0.2, 0) is 6.42 Å². The summed E-state index contributed by atoms with van der Waals surface area (Å²) in [6.07, 6.45) is 0.780. The van der Waals surface area contributed by atoms with E-state index in [1.165, 1.54) is 16.9 Å². The van der Waals surface area contributed by atoms with Crippen molar-refractivity contribution in [3.63, 3.8) is 0 Å². The Morgan fingerprint density at radius 1 is 1.19 bits per heavy atom. The minimum absolute atomic E-state index is 0.272. The number of halogens is 1. The maximum absolute atomic E-state index is 12.7. The Hall–Kier alpha value is -2.44. The zero-order valence-electron chi connectivity index (χ0n) is 14.9. The topological polar surface area (TPSA) is 55.1 Å². The van der Waals surface area contributed by atoms with Gasteiger partial charge in [0, 0.05) is 26.7 Å². The van der Waals surface area contributed by atoms with Crippen LogP contribution in [0, 0.1) is 13.8 Å². The Balaban J connectivity index is 1.56. The number of thiazole rings is 1. The predicted molar refractivity (Wildman–Crippen MR) is 113 cm³/mol. The van der Waals surface area contributed by atoms with E-state index in [2.05, 4.69) is 38.4 Å². The number of hydrogen-bond acceptors (Lipinski definition) is 4. The van der Waals surface area contributed by atoms with Crippen LogP contribution in [0.5, 0.6) is 0 Å². The van der Waals surface area contributed by atoms with E-state index < -0.39 is 0 Å². The monoisotopic (exact) mass is 440 g/mol. The van der Waals surface area contributed by atoms with Crippen molar-refractivity contribution in [3.8, 4) is 0 Å². The van der Waals surface area contributed by atoms with Gasteiger partial charge in [0.1, 0.15) is 5.58 Å². The van der Waals surface area contributed by atoms with E-state index in [1.807, 2.05) is 50.2 Å². The summed E-state index contributed by atoms with van der Waals surface area (Å²) in [4.78, 5) is 18.3. The molecule has 2 aromatic heterocycles. The predicted octanol–water partition coefficient (Wildman–Crippen LogP) is 6.11. The summed E-state index contributed by atoms with van der Waals surface area (Å²) in [6.45, 7) is 3.86. The lowest BCUT2D eigenvalue weighted by molar-refractivity contribution is 0.0998. The molecule has 0 saturated heterocycles. The third-order valence-electron chi connectivity index (χ3n) is 4.42. The molecule has 4 nitrogen and oxygen atoms in total. The molecule has 0 bridgehead atoms. The number of furan rings is 1. The Labute approximate surface area is 169 Å². The number of anilines is 1. The van der Waals surface area contributed by atoms with E-state index in [0.29, 0.717) is 16.5 Å². The van der Waals surface area contributed by atoms with Gasteiger partial charge in [0.25, 0.3) is 5.91 Å². The second-order valence-electron chi connectivity index (χ2n) is 6.34. The summed E-state index contributed by atoms with van der Waals surface area (Å²) < 4.78 is 6.79. The van der Waals surface area contributed by atoms with Crippen LogP contribution in [0.3, 0.4) is 0 Å². The SMILES string of the molecule is Cc1nc(NC(=O)c2oc3ccccc3c2C)sc1Cc1cccc(Br)c1. The van der Waals surface area contributed by atoms with Crippen LogP contribution in [-0.4, -0.2) is 10.9 Å². The Bertz CT molecular complexity index is 1150. The molecule has 1 amide bonds. The lowest BCUT2D eigenvalue weighted by atomic mass is 10.1. The van der Waals surface area contributed by atoms with Crippen molar-refractivity contribution in [1.29, 1.82) is 0 Å². The Morgan fingerprint density at radius 3 is 2.78 bits per heavy atom. The van der Waals surface area contributed by atoms with Gasteiger partial charge in [0.05, 0.1) is 5.69 Å². The Morgan fingerprint density at radius 2 is 2.00 bits per heavy atom. The molecule has 0 spiro atoms. The van der Waals surface area contributed by atoms with E-state index in [-0.39, 0.29) is 5.91 Å². The van der Waals surface area contributed by atoms with Gasteiger partial charge < -0.3 is 4.42 Å². The molecule has 0 unspecified atom stereocenters. The summed E-state index contributed by atoms with van der Waals surface area (Å²) in [5, 5.41) is 4.42. The van der Waals surface area contributed by atoms with Crippen molar-refractivity contribution in [1.82, 2.24) is 4.98 Å². The molecule has 2 heterocycles. The van der Waals surface area contributed by atoms with Gasteiger partial charge in [-0.15, -0.1) is 11.3 Å². The summed E-state index contributed by atoms with van der Waals surface area (Å²) in [5.74, 6) is 0.0593. The van der Waals surface area contributed by atoms with Crippen molar-refractivity contribution >= 4 is 49.3 Å². The molecule has 0 aliphatic rings. The first kappa shape index (κ1) is 17.9. The first-order valence-corrected chi connectivity index (χ1v) is 10.1. The number of carbonyl (C=O) groups is 1. The minimum atomic E-state index is -0.272. The molecule has 4 rings (SSSR count). The van der Waals surface area contributed by atoms with Gasteiger partial charge in [-0.3, -0.25) is 10.1 Å². The van der Waals surface area contributed by atoms with E-state index in [9.17, 15) is 4.79 Å². The lowest BCUT2D eigenvalue weighted by Crippen LogP contribution is -2.11. The zero-order valence-corrected chi connectivity index (χ0v) is 17.3. The second kappa shape index (κ2) is 7.29. The molecule has 6 heteroatoms. The molecule has 2 aromatic carbocycles. The standard InChI is InChI=1S/C21H17BrN2O2S/c1-12-16-8-3-4-9-17(16)26-19(12)20(25)24-21-23-13(2)18(27-21)11-14-6-5-7-15(22)10-14/h3-10H,11H2,1-2H3,(H,23,24,25). The second-order valence-corrected chi connectivity index (χ2v) is 8.34. The number of para-hydroxylation sites is 1. The van der Waals surface area contributed by atoms with Gasteiger partial charge in [-0.05, 0) is 37.6 Å². The zero-order chi connectivity index (χ0) is 19.0. The number of nitrogens with one attached hydrogen (secondary N) is 1. The molecule has 0 saturated carbocycles. The maximum Gasteiger partial charge on any atom is 0.293 e. The molecule has 136 valence electrons. The third kappa shape index (κ3) is 3.68. The van der Waals surface area contributed by atoms with Gasteiger partial charge in [-0.1, -0.05) is 46.3 Å². The van der Waals surface area contributed by atoms with Crippen LogP contribution < -0.4 is 5.32 Å². The number of benzene rings is 2. The number of hydrogen-bond donors (Lipinski definition) is 1. The highest BCUT2D eigenvalue weighted by Crippen LogP contribution is 2.29. The quantitative estimate of drug-likeness (QED) is 0.416. The number of aryl methyl sites for hydroxylation is 2. The highest BCUT2D eigenvalue weighted by atomic mass is 79.9. The molecule has 0 aliphatic heterocycles. The van der Waals surface area contributed by atoms with Crippen LogP contribution in [0.2, 0.25) is 0 Å². The summed E-state index contributed by atoms with van der Waals surface area (Å²) in [7, 11) is 0. The number of aromatic nitrogens is 1. The molecule has 1 N–H and O–H groups in total. The van der Waals surface area contributed by atoms with Crippen molar-refractivity contribution in [3.05, 3.63) is 80.5 Å². The fraction of sp³-hybridized carbons (Fsp3) is 0.143. The van der Waals surface area contributed by atoms with Crippen molar-refractivity contribution in [2.45, 2.75) is 20.3 Å². The number of carbonyl (C=O) groups excluding carboxylic acids is 1. The van der Waals surface area contributed by atoms with Gasteiger partial charge in [0.2, 0.25) is 0 Å². The van der Waals surface area contributed by atoms with E-state index >= 15 is 0 Å². The highest BCUT2D eigenvalue weighted by Gasteiger charge is 2.19. The van der Waals surface area contributed by atoms with Crippen LogP contribution in [0.25, 0.3) is 11.0 Å². The molecule has 0 radical (unpaired) electrons. The average molecular weight is 441 g/mol. The van der Waals surface area contributed by atoms with Crippen LogP contribution in [0.1, 0.15) is 32.3 Å². The molecular weight excluding hydrogens is 424 g/mol. The van der Waals surface area contributed by atoms with Gasteiger partial charge in [-0.2, -0.15) is 0 Å². The number of fused-ring (bicyclic) bond motifs is 1. The summed E-state index contributed by atoms with van der Waals surface area (Å²) in [5.41, 5.74) is 3.68. The van der Waals surface area contributed by atoms with Crippen molar-refractivity contribution in [2.24, 2.45) is 0 Å². The fourth-order valence-corrected chi connectivity index (χ4v) is 4.46. The smallest absolute Gasteiger partial charge is 0.293 e. The molecular formula is C21H17BrN2O2S. The van der Waals surface area contributed by atoms with Crippen LogP contribution in [0.15, 0.2) is 57.4 Å². The average Bonchev–Trinajstić information content (AvgIpc) is 3.15. The van der Waals surface area contributed by atoms with Crippen molar-refractivity contribution in [2.75, 3.05) is 5.32 Å². The first-order chi connectivity index (χ1) is 13.0. The lowest BCUT2D eigenvalue weighted by Gasteiger charge is -2.00. The van der Waals surface area contributed by atoms with Crippen molar-refractivity contribution < 1.29 is 9.21 Å². The molecule has 0 fully saturated rings. The maximum atomic E-state index is 12.7. The largest absolute Gasteiger partial charge is 0.451 e. The van der Waals surface area contributed by atoms with E-state index in [1.54, 1.807) is 0 Å². The van der Waals surface area contributed by atoms with E-state index in [0.717, 1.165) is 32.4 Å². The highest BCUT2D eigenvalue weighted by molar-refractivity contribution is 9.10. The van der Waals surface area contributed by atoms with Gasteiger partial charge in [0.15, 0.2) is 10.9 Å². The molecule has 0 aliphatic carbocycles. The molecule has 0 atom stereocenters. The van der Waals surface area contributed by atoms with Crippen LogP contribution in [0.4, 0.5) is 5.13 Å². The summed E-state index contributed by atoms with van der Waals surface area (Å²) in [6, 6.07) is 15.8. The fourth-order valence-electron chi connectivity index (χ4n) is 3.02. The van der Waals surface area contributed by atoms with Crippen LogP contribution >= 0.6 is 27.3 Å². The first-order valence-electron chi connectivity index (χ1n) is 8.51. The number of amides is 1. The van der Waals surface area contributed by atoms with E-state index in [4.69, 9.17) is 4.42 Å². The normalized spacial score (nSPS) is 11.1. The molecule has 4 aromatic rings.